The summed E-state index contributed by atoms with van der Waals surface area (Å²) >= 11 is 0. The van der Waals surface area contributed by atoms with Crippen LogP contribution in [0.3, 0.4) is 0 Å². The van der Waals surface area contributed by atoms with Crippen molar-refractivity contribution in [3.8, 4) is 33.4 Å². The fourth-order valence-electron chi connectivity index (χ4n) is 9.73. The van der Waals surface area contributed by atoms with Crippen molar-refractivity contribution in [2.24, 2.45) is 5.92 Å². The van der Waals surface area contributed by atoms with Gasteiger partial charge in [-0.1, -0.05) is 195 Å². The summed E-state index contributed by atoms with van der Waals surface area (Å²) in [5, 5.41) is 10.3. The van der Waals surface area contributed by atoms with E-state index in [-0.39, 0.29) is 0 Å². The molecule has 0 saturated carbocycles. The maximum atomic E-state index is 2.48. The van der Waals surface area contributed by atoms with Crippen molar-refractivity contribution in [1.29, 1.82) is 0 Å². The second-order valence-electron chi connectivity index (χ2n) is 16.0. The van der Waals surface area contributed by atoms with Crippen molar-refractivity contribution in [3.05, 3.63) is 204 Å². The first-order valence-corrected chi connectivity index (χ1v) is 20.6. The van der Waals surface area contributed by atoms with Gasteiger partial charge in [-0.15, -0.1) is 0 Å². The fourth-order valence-corrected chi connectivity index (χ4v) is 9.73. The molecule has 0 saturated heterocycles. The number of hydrogen-bond acceptors (Lipinski definition) is 0. The molecule has 9 aromatic carbocycles. The fraction of sp³-hybridized carbons (Fsp3) is 0.123. The molecule has 0 radical (unpaired) electrons. The predicted molar refractivity (Wildman–Crippen MR) is 248 cm³/mol. The summed E-state index contributed by atoms with van der Waals surface area (Å²) in [6.07, 6.45) is 8.32. The summed E-state index contributed by atoms with van der Waals surface area (Å²) < 4.78 is 0. The van der Waals surface area contributed by atoms with E-state index in [0.29, 0.717) is 5.92 Å². The van der Waals surface area contributed by atoms with Gasteiger partial charge in [0.25, 0.3) is 0 Å². The summed E-state index contributed by atoms with van der Waals surface area (Å²) in [6.45, 7) is 6.79. The van der Waals surface area contributed by atoms with Crippen LogP contribution in [0.5, 0.6) is 0 Å². The van der Waals surface area contributed by atoms with Crippen LogP contribution in [0, 0.1) is 19.8 Å². The zero-order chi connectivity index (χ0) is 38.5. The van der Waals surface area contributed by atoms with E-state index >= 15 is 0 Å². The highest BCUT2D eigenvalue weighted by Gasteiger charge is 2.21. The van der Waals surface area contributed by atoms with Crippen LogP contribution < -0.4 is 0 Å². The molecule has 274 valence electrons. The molecular weight excluding hydrogens is 685 g/mol. The lowest BCUT2D eigenvalue weighted by Gasteiger charge is -2.20. The molecule has 1 aliphatic rings. The molecule has 1 unspecified atom stereocenters. The maximum Gasteiger partial charge on any atom is -0.00201 e. The van der Waals surface area contributed by atoms with Crippen LogP contribution >= 0.6 is 0 Å². The lowest BCUT2D eigenvalue weighted by atomic mass is 9.83. The van der Waals surface area contributed by atoms with E-state index in [9.17, 15) is 0 Å². The van der Waals surface area contributed by atoms with E-state index in [4.69, 9.17) is 0 Å². The third-order valence-electron chi connectivity index (χ3n) is 12.6. The van der Waals surface area contributed by atoms with Crippen LogP contribution in [-0.4, -0.2) is 0 Å². The van der Waals surface area contributed by atoms with Crippen molar-refractivity contribution in [1.82, 2.24) is 0 Å². The third kappa shape index (κ3) is 6.08. The molecule has 57 heavy (non-hydrogen) atoms. The standard InChI is InChI=1S/C57H46/c1-4-39-27-28-43(36-44(35-39)46-26-14-18-41-17-5-6-19-45(41)46)40-29-31-42(32-30-40)56-49-22-9-11-24-51(49)57(52-25-12-10-23-50(52)56)54-34-33-53(47-20-7-8-21-48(47)54)55-37(2)15-13-16-38(55)3/h5-26,28-34,36,39H,4,27,35H2,1-3H3. The molecular formula is C57H46. The highest BCUT2D eigenvalue weighted by molar-refractivity contribution is 6.24. The number of rotatable bonds is 6. The van der Waals surface area contributed by atoms with Crippen molar-refractivity contribution in [2.45, 2.75) is 40.0 Å². The molecule has 0 bridgehead atoms. The minimum absolute atomic E-state index is 0.628. The molecule has 0 spiro atoms. The smallest absolute Gasteiger partial charge is 0.00201 e. The molecule has 9 aromatic rings. The number of hydrogen-bond donors (Lipinski definition) is 0. The Bertz CT molecular complexity index is 2980. The van der Waals surface area contributed by atoms with Gasteiger partial charge in [-0.3, -0.25) is 0 Å². The Morgan fingerprint density at radius 1 is 0.421 bits per heavy atom. The number of fused-ring (bicyclic) bond motifs is 4. The van der Waals surface area contributed by atoms with Gasteiger partial charge in [0.15, 0.2) is 0 Å². The van der Waals surface area contributed by atoms with E-state index in [2.05, 4.69) is 203 Å². The van der Waals surface area contributed by atoms with Gasteiger partial charge in [-0.2, -0.15) is 0 Å². The zero-order valence-corrected chi connectivity index (χ0v) is 33.0. The van der Waals surface area contributed by atoms with Crippen molar-refractivity contribution in [3.63, 3.8) is 0 Å². The molecule has 0 nitrogen and oxygen atoms in total. The van der Waals surface area contributed by atoms with Crippen LogP contribution in [0.4, 0.5) is 0 Å². The van der Waals surface area contributed by atoms with Crippen molar-refractivity contribution >= 4 is 54.2 Å². The van der Waals surface area contributed by atoms with E-state index in [1.54, 1.807) is 0 Å². The molecule has 0 aromatic heterocycles. The maximum absolute atomic E-state index is 2.48. The van der Waals surface area contributed by atoms with E-state index < -0.39 is 0 Å². The Balaban J connectivity index is 1.12. The first-order chi connectivity index (χ1) is 28.1. The number of aryl methyl sites for hydroxylation is 2. The number of benzene rings is 9. The SMILES string of the molecule is CCC1CC=C(c2ccc(-c3c4ccccc4c(-c4ccc(-c5c(C)cccc5C)c5ccccc45)c4ccccc34)cc2)C=C(c2cccc3ccccc23)C1. The summed E-state index contributed by atoms with van der Waals surface area (Å²) in [6, 6.07) is 63.4. The molecule has 10 rings (SSSR count). The Morgan fingerprint density at radius 2 is 0.912 bits per heavy atom. The third-order valence-corrected chi connectivity index (χ3v) is 12.6. The molecule has 0 heterocycles. The average Bonchev–Trinajstić information content (AvgIpc) is 3.48. The first kappa shape index (κ1) is 35.0. The van der Waals surface area contributed by atoms with E-state index in [1.165, 1.54) is 116 Å². The minimum Gasteiger partial charge on any atom is -0.0764 e. The molecule has 1 atom stereocenters. The molecule has 0 heteroatoms. The zero-order valence-electron chi connectivity index (χ0n) is 33.0. The Kier molecular flexibility index (Phi) is 8.91. The van der Waals surface area contributed by atoms with Crippen LogP contribution in [0.2, 0.25) is 0 Å². The van der Waals surface area contributed by atoms with Gasteiger partial charge < -0.3 is 0 Å². The van der Waals surface area contributed by atoms with E-state index in [1.807, 2.05) is 0 Å². The monoisotopic (exact) mass is 730 g/mol. The van der Waals surface area contributed by atoms with E-state index in [0.717, 1.165) is 12.8 Å². The Hall–Kier alpha value is -6.50. The summed E-state index contributed by atoms with van der Waals surface area (Å²) in [4.78, 5) is 0. The van der Waals surface area contributed by atoms with Gasteiger partial charge in [0.2, 0.25) is 0 Å². The van der Waals surface area contributed by atoms with Crippen molar-refractivity contribution < 1.29 is 0 Å². The van der Waals surface area contributed by atoms with Crippen LogP contribution in [0.15, 0.2) is 182 Å². The summed E-state index contributed by atoms with van der Waals surface area (Å²) in [5.41, 5.74) is 15.7. The average molecular weight is 731 g/mol. The van der Waals surface area contributed by atoms with Crippen LogP contribution in [-0.2, 0) is 0 Å². The largest absolute Gasteiger partial charge is 0.0764 e. The van der Waals surface area contributed by atoms with Gasteiger partial charge in [-0.05, 0) is 142 Å². The summed E-state index contributed by atoms with van der Waals surface area (Å²) in [5.74, 6) is 0.628. The van der Waals surface area contributed by atoms with Gasteiger partial charge in [0, 0.05) is 0 Å². The van der Waals surface area contributed by atoms with Crippen molar-refractivity contribution in [2.75, 3.05) is 0 Å². The molecule has 0 amide bonds. The lowest BCUT2D eigenvalue weighted by Crippen LogP contribution is -1.98. The number of allylic oxidation sites excluding steroid dienone is 4. The predicted octanol–water partition coefficient (Wildman–Crippen LogP) is 16.2. The topological polar surface area (TPSA) is 0 Å². The second-order valence-corrected chi connectivity index (χ2v) is 16.0. The Morgan fingerprint density at radius 3 is 1.53 bits per heavy atom. The second kappa shape index (κ2) is 14.5. The lowest BCUT2D eigenvalue weighted by molar-refractivity contribution is 0.533. The normalized spacial score (nSPS) is 14.5. The van der Waals surface area contributed by atoms with Gasteiger partial charge in [0.1, 0.15) is 0 Å². The highest BCUT2D eigenvalue weighted by Crippen LogP contribution is 2.47. The highest BCUT2D eigenvalue weighted by atomic mass is 14.2. The van der Waals surface area contributed by atoms with Gasteiger partial charge in [0.05, 0.1) is 0 Å². The van der Waals surface area contributed by atoms with Gasteiger partial charge >= 0.3 is 0 Å². The molecule has 0 aliphatic heterocycles. The van der Waals surface area contributed by atoms with Crippen LogP contribution in [0.25, 0.3) is 87.6 Å². The first-order valence-electron chi connectivity index (χ1n) is 20.6. The molecule has 0 fully saturated rings. The molecule has 0 N–H and O–H groups in total. The minimum atomic E-state index is 0.628. The van der Waals surface area contributed by atoms with Crippen LogP contribution in [0.1, 0.15) is 48.4 Å². The Labute approximate surface area is 336 Å². The summed E-state index contributed by atoms with van der Waals surface area (Å²) in [7, 11) is 0. The molecule has 1 aliphatic carbocycles. The van der Waals surface area contributed by atoms with Gasteiger partial charge in [-0.25, -0.2) is 0 Å². The quantitative estimate of drug-likeness (QED) is 0.149.